The lowest BCUT2D eigenvalue weighted by molar-refractivity contribution is -0.137. The number of β-amino-alcohol motifs (C(OH)–C–C–N with tert-alkyl or cyclic N) is 1. The predicted octanol–water partition coefficient (Wildman–Crippen LogP) is 0.360. The highest BCUT2D eigenvalue weighted by molar-refractivity contribution is 5.80. The van der Waals surface area contributed by atoms with Crippen LogP contribution in [0.4, 0.5) is 4.79 Å². The first-order valence-corrected chi connectivity index (χ1v) is 6.35. The summed E-state index contributed by atoms with van der Waals surface area (Å²) in [6, 6.07) is -0.262. The molecule has 6 nitrogen and oxygen atoms in total. The van der Waals surface area contributed by atoms with Gasteiger partial charge in [0.25, 0.3) is 0 Å². The summed E-state index contributed by atoms with van der Waals surface area (Å²) < 4.78 is 0. The topological polar surface area (TPSA) is 81.1 Å². The molecule has 1 aliphatic heterocycles. The highest BCUT2D eigenvalue weighted by atomic mass is 16.4. The molecule has 18 heavy (non-hydrogen) atoms. The zero-order valence-electron chi connectivity index (χ0n) is 10.6. The lowest BCUT2D eigenvalue weighted by Gasteiger charge is -2.27. The van der Waals surface area contributed by atoms with Crippen LogP contribution in [0.3, 0.4) is 0 Å². The fourth-order valence-corrected chi connectivity index (χ4v) is 2.29. The Hall–Kier alpha value is -1.30. The molecular formula is C12H20N2O4. The second-order valence-corrected chi connectivity index (χ2v) is 5.67. The third-order valence-corrected chi connectivity index (χ3v) is 3.49. The first-order valence-electron chi connectivity index (χ1n) is 6.35. The van der Waals surface area contributed by atoms with Crippen molar-refractivity contribution < 1.29 is 19.8 Å². The number of amides is 2. The molecule has 1 heterocycles. The third-order valence-electron chi connectivity index (χ3n) is 3.49. The summed E-state index contributed by atoms with van der Waals surface area (Å²) in [7, 11) is 0. The summed E-state index contributed by atoms with van der Waals surface area (Å²) in [5, 5.41) is 18.7. The molecule has 2 fully saturated rings. The Morgan fingerprint density at radius 2 is 2.11 bits per heavy atom. The zero-order chi connectivity index (χ0) is 13.3. The Morgan fingerprint density at radius 1 is 1.44 bits per heavy atom. The molecule has 1 saturated carbocycles. The predicted molar refractivity (Wildman–Crippen MR) is 64.1 cm³/mol. The number of aliphatic carboxylic acids is 1. The van der Waals surface area contributed by atoms with E-state index in [0.717, 1.165) is 12.8 Å². The number of carbonyl (C=O) groups excluding carboxylic acids is 1. The van der Waals surface area contributed by atoms with Crippen molar-refractivity contribution in [2.24, 2.45) is 5.92 Å². The van der Waals surface area contributed by atoms with Crippen LogP contribution >= 0.6 is 0 Å². The number of likely N-dealkylation sites (tertiary alicyclic amines) is 1. The van der Waals surface area contributed by atoms with Gasteiger partial charge in [-0.05, 0) is 32.1 Å². The van der Waals surface area contributed by atoms with Crippen molar-refractivity contribution in [3.63, 3.8) is 0 Å². The number of urea groups is 1. The van der Waals surface area contributed by atoms with E-state index in [9.17, 15) is 14.7 Å². The first-order chi connectivity index (χ1) is 8.37. The van der Waals surface area contributed by atoms with Gasteiger partial charge in [-0.1, -0.05) is 0 Å². The van der Waals surface area contributed by atoms with E-state index in [1.54, 1.807) is 11.8 Å². The summed E-state index contributed by atoms with van der Waals surface area (Å²) in [6.07, 6.45) is 2.69. The van der Waals surface area contributed by atoms with Crippen molar-refractivity contribution in [2.75, 3.05) is 26.2 Å². The Bertz CT molecular complexity index is 352. The Labute approximate surface area is 106 Å². The minimum atomic E-state index is -0.991. The summed E-state index contributed by atoms with van der Waals surface area (Å²) in [5.74, 6) is -0.536. The average Bonchev–Trinajstić information content (AvgIpc) is 2.99. The summed E-state index contributed by atoms with van der Waals surface area (Å²) in [6.45, 7) is 2.74. The maximum absolute atomic E-state index is 12.2. The van der Waals surface area contributed by atoms with Crippen LogP contribution in [-0.4, -0.2) is 63.8 Å². The molecule has 6 heteroatoms. The molecule has 0 radical (unpaired) electrons. The fourth-order valence-electron chi connectivity index (χ4n) is 2.29. The van der Waals surface area contributed by atoms with E-state index in [-0.39, 0.29) is 19.1 Å². The third kappa shape index (κ3) is 3.35. The van der Waals surface area contributed by atoms with Crippen LogP contribution in [0.1, 0.15) is 26.2 Å². The van der Waals surface area contributed by atoms with E-state index in [1.807, 2.05) is 0 Å². The summed E-state index contributed by atoms with van der Waals surface area (Å²) >= 11 is 0. The molecular weight excluding hydrogens is 236 g/mol. The van der Waals surface area contributed by atoms with Gasteiger partial charge in [-0.25, -0.2) is 4.79 Å². The van der Waals surface area contributed by atoms with Gasteiger partial charge in [0.05, 0.1) is 12.1 Å². The minimum Gasteiger partial charge on any atom is -0.480 e. The molecule has 0 bridgehead atoms. The van der Waals surface area contributed by atoms with E-state index in [4.69, 9.17) is 5.11 Å². The number of rotatable bonds is 4. The van der Waals surface area contributed by atoms with Crippen LogP contribution in [-0.2, 0) is 4.79 Å². The van der Waals surface area contributed by atoms with Crippen LogP contribution < -0.4 is 0 Å². The number of carbonyl (C=O) groups is 2. The number of nitrogens with zero attached hydrogens (tertiary/aromatic N) is 2. The monoisotopic (exact) mass is 256 g/mol. The maximum Gasteiger partial charge on any atom is 0.323 e. The van der Waals surface area contributed by atoms with Gasteiger partial charge in [0, 0.05) is 13.1 Å². The molecule has 2 amide bonds. The van der Waals surface area contributed by atoms with Crippen molar-refractivity contribution in [2.45, 2.75) is 31.8 Å². The average molecular weight is 256 g/mol. The van der Waals surface area contributed by atoms with E-state index < -0.39 is 11.6 Å². The number of hydrogen-bond donors (Lipinski definition) is 2. The molecule has 1 unspecified atom stereocenters. The van der Waals surface area contributed by atoms with Gasteiger partial charge in [0.1, 0.15) is 6.54 Å². The SMILES string of the molecule is CC1(O)CCN(C(=O)N(CC(=O)O)CC2CC2)C1. The van der Waals surface area contributed by atoms with Crippen LogP contribution in [0.15, 0.2) is 0 Å². The maximum atomic E-state index is 12.2. The van der Waals surface area contributed by atoms with Gasteiger partial charge in [-0.2, -0.15) is 0 Å². The number of carboxylic acid groups (broad SMARTS) is 1. The lowest BCUT2D eigenvalue weighted by Crippen LogP contribution is -2.46. The van der Waals surface area contributed by atoms with Crippen molar-refractivity contribution >= 4 is 12.0 Å². The first kappa shape index (κ1) is 13.1. The van der Waals surface area contributed by atoms with E-state index in [2.05, 4.69) is 0 Å². The Balaban J connectivity index is 1.96. The zero-order valence-corrected chi connectivity index (χ0v) is 10.6. The molecule has 0 aromatic rings. The van der Waals surface area contributed by atoms with Crippen LogP contribution in [0.2, 0.25) is 0 Å². The highest BCUT2D eigenvalue weighted by Gasteiger charge is 2.37. The smallest absolute Gasteiger partial charge is 0.323 e. The lowest BCUT2D eigenvalue weighted by atomic mass is 10.1. The molecule has 2 N–H and O–H groups in total. The fraction of sp³-hybridized carbons (Fsp3) is 0.833. The van der Waals surface area contributed by atoms with Crippen molar-refractivity contribution in [1.82, 2.24) is 9.80 Å². The van der Waals surface area contributed by atoms with Gasteiger partial charge in [-0.15, -0.1) is 0 Å². The van der Waals surface area contributed by atoms with Crippen LogP contribution in [0.5, 0.6) is 0 Å². The molecule has 0 aromatic carbocycles. The summed E-state index contributed by atoms with van der Waals surface area (Å²) in [5.41, 5.74) is -0.843. The van der Waals surface area contributed by atoms with Crippen molar-refractivity contribution in [1.29, 1.82) is 0 Å². The Kier molecular flexibility index (Phi) is 3.47. The number of hydrogen-bond acceptors (Lipinski definition) is 3. The molecule has 1 aliphatic carbocycles. The molecule has 2 aliphatic rings. The van der Waals surface area contributed by atoms with Gasteiger partial charge in [-0.3, -0.25) is 4.79 Å². The van der Waals surface area contributed by atoms with Gasteiger partial charge in [0.2, 0.25) is 0 Å². The molecule has 0 spiro atoms. The largest absolute Gasteiger partial charge is 0.480 e. The highest BCUT2D eigenvalue weighted by Crippen LogP contribution is 2.30. The second-order valence-electron chi connectivity index (χ2n) is 5.67. The molecule has 1 saturated heterocycles. The minimum absolute atomic E-state index is 0.256. The summed E-state index contributed by atoms with van der Waals surface area (Å²) in [4.78, 5) is 25.9. The quantitative estimate of drug-likeness (QED) is 0.761. The molecule has 0 aromatic heterocycles. The van der Waals surface area contributed by atoms with Crippen molar-refractivity contribution in [3.05, 3.63) is 0 Å². The van der Waals surface area contributed by atoms with Gasteiger partial charge < -0.3 is 20.0 Å². The molecule has 102 valence electrons. The van der Waals surface area contributed by atoms with E-state index in [1.165, 1.54) is 4.90 Å². The molecule has 2 rings (SSSR count). The van der Waals surface area contributed by atoms with Crippen LogP contribution in [0.25, 0.3) is 0 Å². The number of carboxylic acids is 1. The van der Waals surface area contributed by atoms with Crippen molar-refractivity contribution in [3.8, 4) is 0 Å². The van der Waals surface area contributed by atoms with E-state index >= 15 is 0 Å². The van der Waals surface area contributed by atoms with Gasteiger partial charge in [0.15, 0.2) is 0 Å². The second kappa shape index (κ2) is 4.76. The Morgan fingerprint density at radius 3 is 2.56 bits per heavy atom. The van der Waals surface area contributed by atoms with Crippen LogP contribution in [0, 0.1) is 5.92 Å². The normalized spacial score (nSPS) is 27.3. The van der Waals surface area contributed by atoms with Gasteiger partial charge >= 0.3 is 12.0 Å². The molecule has 1 atom stereocenters. The standard InChI is InChI=1S/C12H20N2O4/c1-12(18)4-5-13(8-12)11(17)14(7-10(15)16)6-9-2-3-9/h9,18H,2-8H2,1H3,(H,15,16). The van der Waals surface area contributed by atoms with E-state index in [0.29, 0.717) is 25.4 Å². The number of aliphatic hydroxyl groups is 1.